The van der Waals surface area contributed by atoms with E-state index in [0.29, 0.717) is 25.3 Å². The summed E-state index contributed by atoms with van der Waals surface area (Å²) in [5.74, 6) is -0.155. The molecule has 2 aromatic heterocycles. The normalized spacial score (nSPS) is 10.8. The molecule has 19 heavy (non-hydrogen) atoms. The summed E-state index contributed by atoms with van der Waals surface area (Å²) in [5, 5.41) is 0.922. The predicted molar refractivity (Wildman–Crippen MR) is 79.5 cm³/mol. The Morgan fingerprint density at radius 1 is 1.11 bits per heavy atom. The van der Waals surface area contributed by atoms with Crippen LogP contribution < -0.4 is 0 Å². The fourth-order valence-corrected chi connectivity index (χ4v) is 3.39. The number of carbonyl (C=O) groups is 1. The quantitative estimate of drug-likeness (QED) is 0.634. The second-order valence-electron chi connectivity index (χ2n) is 3.95. The Morgan fingerprint density at radius 2 is 1.89 bits per heavy atom. The third-order valence-electron chi connectivity index (χ3n) is 2.78. The fraction of sp³-hybridized carbons (Fsp3) is 0. The maximum atomic E-state index is 12.5. The van der Waals surface area contributed by atoms with Gasteiger partial charge in [0, 0.05) is 17.1 Å². The van der Waals surface area contributed by atoms with Crippen LogP contribution in [-0.2, 0) is 0 Å². The van der Waals surface area contributed by atoms with Crippen LogP contribution in [0, 0.1) is 0 Å². The highest BCUT2D eigenvalue weighted by atomic mass is 35.5. The first kappa shape index (κ1) is 12.6. The highest BCUT2D eigenvalue weighted by Crippen LogP contribution is 2.33. The summed E-state index contributed by atoms with van der Waals surface area (Å²) in [4.78, 5) is 16.8. The van der Waals surface area contributed by atoms with Crippen molar-refractivity contribution in [3.05, 3.63) is 62.4 Å². The van der Waals surface area contributed by atoms with Crippen LogP contribution in [-0.4, -0.2) is 10.8 Å². The van der Waals surface area contributed by atoms with Gasteiger partial charge in [0.1, 0.15) is 4.34 Å². The number of aromatic nitrogens is 1. The van der Waals surface area contributed by atoms with Crippen molar-refractivity contribution in [2.75, 3.05) is 0 Å². The molecule has 0 aliphatic rings. The molecule has 0 radical (unpaired) electrons. The summed E-state index contributed by atoms with van der Waals surface area (Å²) < 4.78 is 0.907. The van der Waals surface area contributed by atoms with Crippen LogP contribution in [0.5, 0.6) is 0 Å². The molecule has 2 heterocycles. The topological polar surface area (TPSA) is 30.0 Å². The first-order valence-electron chi connectivity index (χ1n) is 5.50. The number of ketones is 1. The largest absolute Gasteiger partial charge is 0.288 e. The maximum Gasteiger partial charge on any atom is 0.197 e. The van der Waals surface area contributed by atoms with E-state index in [-0.39, 0.29) is 5.78 Å². The Bertz CT molecular complexity index is 777. The molecule has 0 aliphatic heterocycles. The molecule has 0 unspecified atom stereocenters. The van der Waals surface area contributed by atoms with Gasteiger partial charge in [0.05, 0.1) is 15.4 Å². The lowest BCUT2D eigenvalue weighted by Gasteiger charge is -2.03. The van der Waals surface area contributed by atoms with Crippen LogP contribution >= 0.6 is 34.5 Å². The van der Waals surface area contributed by atoms with E-state index in [0.717, 1.165) is 5.39 Å². The van der Waals surface area contributed by atoms with Gasteiger partial charge in [0.15, 0.2) is 5.78 Å². The van der Waals surface area contributed by atoms with Crippen LogP contribution in [0.2, 0.25) is 8.67 Å². The summed E-state index contributed by atoms with van der Waals surface area (Å²) in [7, 11) is 0. The lowest BCUT2D eigenvalue weighted by atomic mass is 10.0. The smallest absolute Gasteiger partial charge is 0.197 e. The average Bonchev–Trinajstić information content (AvgIpc) is 2.76. The van der Waals surface area contributed by atoms with Crippen molar-refractivity contribution >= 4 is 51.2 Å². The van der Waals surface area contributed by atoms with E-state index in [2.05, 4.69) is 4.98 Å². The number of thiophene rings is 1. The number of benzene rings is 1. The van der Waals surface area contributed by atoms with Gasteiger partial charge in [-0.15, -0.1) is 11.3 Å². The van der Waals surface area contributed by atoms with Crippen molar-refractivity contribution in [1.82, 2.24) is 4.98 Å². The highest BCUT2D eigenvalue weighted by Gasteiger charge is 2.18. The molecule has 2 nitrogen and oxygen atoms in total. The molecule has 5 heteroatoms. The van der Waals surface area contributed by atoms with Gasteiger partial charge >= 0.3 is 0 Å². The standard InChI is InChI=1S/C14H7Cl2NOS/c15-11-7-10(14(16)19-11)13(18)9-5-1-3-8-4-2-6-17-12(8)9/h1-7H. The molecule has 0 aliphatic carbocycles. The van der Waals surface area contributed by atoms with Crippen LogP contribution in [0.1, 0.15) is 15.9 Å². The molecule has 0 spiro atoms. The van der Waals surface area contributed by atoms with E-state index >= 15 is 0 Å². The van der Waals surface area contributed by atoms with Crippen molar-refractivity contribution in [3.63, 3.8) is 0 Å². The van der Waals surface area contributed by atoms with E-state index in [1.807, 2.05) is 24.3 Å². The van der Waals surface area contributed by atoms with E-state index in [1.54, 1.807) is 18.3 Å². The molecule has 3 rings (SSSR count). The van der Waals surface area contributed by atoms with Gasteiger partial charge in [-0.2, -0.15) is 0 Å². The van der Waals surface area contributed by atoms with E-state index in [1.165, 1.54) is 11.3 Å². The lowest BCUT2D eigenvalue weighted by molar-refractivity contribution is 0.104. The second-order valence-corrected chi connectivity index (χ2v) is 6.23. The Labute approximate surface area is 123 Å². The zero-order chi connectivity index (χ0) is 13.4. The fourth-order valence-electron chi connectivity index (χ4n) is 1.93. The minimum absolute atomic E-state index is 0.155. The number of para-hydroxylation sites is 1. The molecule has 94 valence electrons. The summed E-state index contributed by atoms with van der Waals surface area (Å²) in [6, 6.07) is 10.9. The Balaban J connectivity index is 2.19. The van der Waals surface area contributed by atoms with Gasteiger partial charge in [-0.1, -0.05) is 41.4 Å². The maximum absolute atomic E-state index is 12.5. The first-order valence-corrected chi connectivity index (χ1v) is 7.07. The highest BCUT2D eigenvalue weighted by molar-refractivity contribution is 7.20. The SMILES string of the molecule is O=C(c1cc(Cl)sc1Cl)c1cccc2cccnc12. The van der Waals surface area contributed by atoms with Gasteiger partial charge in [0.2, 0.25) is 0 Å². The van der Waals surface area contributed by atoms with Crippen molar-refractivity contribution in [2.24, 2.45) is 0 Å². The molecule has 3 aromatic rings. The molecule has 0 N–H and O–H groups in total. The van der Waals surface area contributed by atoms with E-state index in [9.17, 15) is 4.79 Å². The van der Waals surface area contributed by atoms with Gasteiger partial charge in [-0.3, -0.25) is 9.78 Å². The van der Waals surface area contributed by atoms with Crippen molar-refractivity contribution in [2.45, 2.75) is 0 Å². The summed E-state index contributed by atoms with van der Waals surface area (Å²) >= 11 is 13.1. The number of hydrogen-bond donors (Lipinski definition) is 0. The predicted octanol–water partition coefficient (Wildman–Crippen LogP) is 4.83. The van der Waals surface area contributed by atoms with Gasteiger partial charge in [-0.25, -0.2) is 0 Å². The first-order chi connectivity index (χ1) is 9.16. The Kier molecular flexibility index (Phi) is 3.27. The number of halogens is 2. The minimum Gasteiger partial charge on any atom is -0.288 e. The minimum atomic E-state index is -0.155. The molecule has 1 aromatic carbocycles. The molecule has 0 atom stereocenters. The zero-order valence-electron chi connectivity index (χ0n) is 9.56. The Hall–Kier alpha value is -1.42. The Morgan fingerprint density at radius 3 is 2.63 bits per heavy atom. The van der Waals surface area contributed by atoms with Crippen molar-refractivity contribution in [3.8, 4) is 0 Å². The monoisotopic (exact) mass is 307 g/mol. The number of carbonyl (C=O) groups excluding carboxylic acids is 1. The van der Waals surface area contributed by atoms with E-state index < -0.39 is 0 Å². The number of rotatable bonds is 2. The third-order valence-corrected chi connectivity index (χ3v) is 4.27. The molecule has 0 bridgehead atoms. The van der Waals surface area contributed by atoms with Gasteiger partial charge < -0.3 is 0 Å². The lowest BCUT2D eigenvalue weighted by Crippen LogP contribution is -2.02. The number of pyridine rings is 1. The molecule has 0 amide bonds. The average molecular weight is 308 g/mol. The van der Waals surface area contributed by atoms with Crippen LogP contribution in [0.15, 0.2) is 42.6 Å². The van der Waals surface area contributed by atoms with Crippen molar-refractivity contribution < 1.29 is 4.79 Å². The molecular weight excluding hydrogens is 301 g/mol. The van der Waals surface area contributed by atoms with Crippen LogP contribution in [0.25, 0.3) is 10.9 Å². The summed E-state index contributed by atoms with van der Waals surface area (Å²) in [6.07, 6.45) is 1.67. The van der Waals surface area contributed by atoms with Gasteiger partial charge in [-0.05, 0) is 18.2 Å². The van der Waals surface area contributed by atoms with E-state index in [4.69, 9.17) is 23.2 Å². The second kappa shape index (κ2) is 4.93. The third kappa shape index (κ3) is 2.25. The number of hydrogen-bond acceptors (Lipinski definition) is 3. The number of nitrogens with zero attached hydrogens (tertiary/aromatic N) is 1. The summed E-state index contributed by atoms with van der Waals surface area (Å²) in [6.45, 7) is 0. The summed E-state index contributed by atoms with van der Waals surface area (Å²) in [5.41, 5.74) is 1.64. The zero-order valence-corrected chi connectivity index (χ0v) is 11.9. The molecule has 0 saturated heterocycles. The van der Waals surface area contributed by atoms with Crippen LogP contribution in [0.4, 0.5) is 0 Å². The number of fused-ring (bicyclic) bond motifs is 1. The van der Waals surface area contributed by atoms with Crippen LogP contribution in [0.3, 0.4) is 0 Å². The van der Waals surface area contributed by atoms with Crippen molar-refractivity contribution in [1.29, 1.82) is 0 Å². The molecule has 0 fully saturated rings. The van der Waals surface area contributed by atoms with Gasteiger partial charge in [0.25, 0.3) is 0 Å². The molecular formula is C14H7Cl2NOS. The molecule has 0 saturated carbocycles.